The van der Waals surface area contributed by atoms with Crippen LogP contribution in [0.4, 0.5) is 0 Å². The summed E-state index contributed by atoms with van der Waals surface area (Å²) in [5.74, 6) is 0.311. The van der Waals surface area contributed by atoms with Crippen molar-refractivity contribution in [1.82, 2.24) is 9.47 Å². The zero-order valence-corrected chi connectivity index (χ0v) is 17.3. The molecule has 3 rings (SSSR count). The lowest BCUT2D eigenvalue weighted by Gasteiger charge is -2.32. The van der Waals surface area contributed by atoms with Crippen LogP contribution >= 0.6 is 0 Å². The number of benzene rings is 1. The topological polar surface area (TPSA) is 42.3 Å². The number of carbonyl (C=O) groups excluding carboxylic acids is 2. The fourth-order valence-electron chi connectivity index (χ4n) is 4.26. The minimum Gasteiger partial charge on any atom is -0.347 e. The van der Waals surface area contributed by atoms with Crippen LogP contribution in [0.15, 0.2) is 18.3 Å². The number of Topliss-reactive ketones (excluding diaryl/α,β-unsaturated/α-hetero) is 1. The fraction of sp³-hybridized carbons (Fsp3) is 0.478. The lowest BCUT2D eigenvalue weighted by molar-refractivity contribution is 0.0642. The van der Waals surface area contributed by atoms with E-state index in [1.165, 1.54) is 16.7 Å². The van der Waals surface area contributed by atoms with E-state index in [1.807, 2.05) is 34.8 Å². The molecule has 1 aromatic heterocycles. The highest BCUT2D eigenvalue weighted by atomic mass is 16.2. The smallest absolute Gasteiger partial charge is 0.270 e. The molecule has 1 fully saturated rings. The Hall–Kier alpha value is -2.36. The van der Waals surface area contributed by atoms with Crippen molar-refractivity contribution in [2.45, 2.75) is 47.5 Å². The second-order valence-corrected chi connectivity index (χ2v) is 7.94. The summed E-state index contributed by atoms with van der Waals surface area (Å²) in [6.45, 7) is 11.8. The molecule has 0 unspecified atom stereocenters. The summed E-state index contributed by atoms with van der Waals surface area (Å²) in [5.41, 5.74) is 7.56. The number of piperidine rings is 1. The largest absolute Gasteiger partial charge is 0.347 e. The molecule has 2 heterocycles. The highest BCUT2D eigenvalue weighted by molar-refractivity contribution is 6.01. The van der Waals surface area contributed by atoms with E-state index in [2.05, 4.69) is 34.6 Å². The molecular weight excluding hydrogens is 336 g/mol. The maximum absolute atomic E-state index is 13.3. The van der Waals surface area contributed by atoms with Crippen LogP contribution in [0, 0.1) is 40.5 Å². The Morgan fingerprint density at radius 2 is 1.41 bits per heavy atom. The van der Waals surface area contributed by atoms with Gasteiger partial charge in [-0.05, 0) is 87.4 Å². The number of aromatic nitrogens is 1. The van der Waals surface area contributed by atoms with Crippen LogP contribution in [0.1, 0.15) is 61.5 Å². The zero-order chi connectivity index (χ0) is 19.9. The molecule has 1 amide bonds. The summed E-state index contributed by atoms with van der Waals surface area (Å²) in [7, 11) is 1.89. The van der Waals surface area contributed by atoms with Gasteiger partial charge in [0.05, 0.1) is 0 Å². The number of aryl methyl sites for hydroxylation is 1. The number of hydrogen-bond acceptors (Lipinski definition) is 2. The number of likely N-dealkylation sites (tertiary alicyclic amines) is 1. The van der Waals surface area contributed by atoms with Crippen molar-refractivity contribution in [2.24, 2.45) is 13.0 Å². The SMILES string of the molecule is Cc1c(C)c(C)c(C(=O)C2CCN(C(=O)c3cccn3C)CC2)c(C)c1C. The molecule has 0 bridgehead atoms. The molecule has 2 aromatic rings. The molecule has 0 atom stereocenters. The van der Waals surface area contributed by atoms with Crippen molar-refractivity contribution in [3.8, 4) is 0 Å². The van der Waals surface area contributed by atoms with Crippen LogP contribution in [0.3, 0.4) is 0 Å². The molecule has 4 nitrogen and oxygen atoms in total. The first kappa shape index (κ1) is 19.4. The monoisotopic (exact) mass is 366 g/mol. The predicted octanol–water partition coefficient (Wildman–Crippen LogP) is 4.30. The highest BCUT2D eigenvalue weighted by Crippen LogP contribution is 2.31. The summed E-state index contributed by atoms with van der Waals surface area (Å²) in [6, 6.07) is 3.74. The number of ketones is 1. The summed E-state index contributed by atoms with van der Waals surface area (Å²) < 4.78 is 1.85. The standard InChI is InChI=1S/C23H30N2O2/c1-14-15(2)17(4)21(18(5)16(14)3)22(26)19-9-12-25(13-10-19)23(27)20-8-7-11-24(20)6/h7-8,11,19H,9-10,12-13H2,1-6H3. The minimum atomic E-state index is 0.00127. The van der Waals surface area contributed by atoms with Crippen LogP contribution in [-0.2, 0) is 7.05 Å². The van der Waals surface area contributed by atoms with Gasteiger partial charge in [0.2, 0.25) is 0 Å². The van der Waals surface area contributed by atoms with E-state index in [9.17, 15) is 9.59 Å². The lowest BCUT2D eigenvalue weighted by atomic mass is 9.81. The molecule has 1 aromatic carbocycles. The third kappa shape index (κ3) is 3.33. The molecule has 0 N–H and O–H groups in total. The molecule has 1 saturated heterocycles. The first-order valence-electron chi connectivity index (χ1n) is 9.75. The molecule has 27 heavy (non-hydrogen) atoms. The van der Waals surface area contributed by atoms with E-state index >= 15 is 0 Å². The minimum absolute atomic E-state index is 0.00127. The Bertz CT molecular complexity index is 870. The van der Waals surface area contributed by atoms with Crippen molar-refractivity contribution in [3.05, 3.63) is 57.4 Å². The van der Waals surface area contributed by atoms with Crippen LogP contribution in [-0.4, -0.2) is 34.2 Å². The Labute approximate surface area is 162 Å². The van der Waals surface area contributed by atoms with Crippen molar-refractivity contribution in [1.29, 1.82) is 0 Å². The van der Waals surface area contributed by atoms with E-state index in [1.54, 1.807) is 0 Å². The molecule has 0 spiro atoms. The van der Waals surface area contributed by atoms with Crippen molar-refractivity contribution in [2.75, 3.05) is 13.1 Å². The van der Waals surface area contributed by atoms with Gasteiger partial charge < -0.3 is 9.47 Å². The van der Waals surface area contributed by atoms with E-state index < -0.39 is 0 Å². The van der Waals surface area contributed by atoms with E-state index in [-0.39, 0.29) is 17.6 Å². The maximum Gasteiger partial charge on any atom is 0.270 e. The number of rotatable bonds is 3. The molecule has 0 aliphatic carbocycles. The van der Waals surface area contributed by atoms with Gasteiger partial charge in [-0.15, -0.1) is 0 Å². The fourth-order valence-corrected chi connectivity index (χ4v) is 4.26. The first-order valence-corrected chi connectivity index (χ1v) is 9.75. The summed E-state index contributed by atoms with van der Waals surface area (Å²) in [4.78, 5) is 27.9. The van der Waals surface area contributed by atoms with Gasteiger partial charge in [0.15, 0.2) is 5.78 Å². The third-order valence-corrected chi connectivity index (χ3v) is 6.56. The van der Waals surface area contributed by atoms with Gasteiger partial charge in [-0.3, -0.25) is 9.59 Å². The molecule has 144 valence electrons. The summed E-state index contributed by atoms with van der Waals surface area (Å²) in [5, 5.41) is 0. The maximum atomic E-state index is 13.3. The first-order chi connectivity index (χ1) is 12.7. The number of carbonyl (C=O) groups is 2. The van der Waals surface area contributed by atoms with Gasteiger partial charge in [0.25, 0.3) is 5.91 Å². The average Bonchev–Trinajstić information content (AvgIpc) is 3.10. The molecule has 0 saturated carbocycles. The second-order valence-electron chi connectivity index (χ2n) is 7.94. The Kier molecular flexibility index (Phi) is 5.27. The normalized spacial score (nSPS) is 15.3. The second kappa shape index (κ2) is 7.34. The van der Waals surface area contributed by atoms with Gasteiger partial charge in [-0.2, -0.15) is 0 Å². The molecule has 1 aliphatic heterocycles. The van der Waals surface area contributed by atoms with Crippen molar-refractivity contribution in [3.63, 3.8) is 0 Å². The predicted molar refractivity (Wildman–Crippen MR) is 108 cm³/mol. The lowest BCUT2D eigenvalue weighted by Crippen LogP contribution is -2.41. The van der Waals surface area contributed by atoms with E-state index in [4.69, 9.17) is 0 Å². The number of amides is 1. The Morgan fingerprint density at radius 1 is 0.889 bits per heavy atom. The Balaban J connectivity index is 1.77. The van der Waals surface area contributed by atoms with Gasteiger partial charge in [0, 0.05) is 37.8 Å². The molecule has 0 radical (unpaired) electrons. The van der Waals surface area contributed by atoms with Crippen LogP contribution in [0.2, 0.25) is 0 Å². The van der Waals surface area contributed by atoms with Crippen LogP contribution in [0.5, 0.6) is 0 Å². The third-order valence-electron chi connectivity index (χ3n) is 6.56. The molecule has 1 aliphatic rings. The van der Waals surface area contributed by atoms with Crippen LogP contribution in [0.25, 0.3) is 0 Å². The Morgan fingerprint density at radius 3 is 1.89 bits per heavy atom. The summed E-state index contributed by atoms with van der Waals surface area (Å²) >= 11 is 0. The van der Waals surface area contributed by atoms with Gasteiger partial charge >= 0.3 is 0 Å². The molecular formula is C23H30N2O2. The van der Waals surface area contributed by atoms with Crippen molar-refractivity contribution < 1.29 is 9.59 Å². The van der Waals surface area contributed by atoms with E-state index in [0.717, 1.165) is 29.5 Å². The summed E-state index contributed by atoms with van der Waals surface area (Å²) in [6.07, 6.45) is 3.36. The van der Waals surface area contributed by atoms with Crippen LogP contribution < -0.4 is 0 Å². The zero-order valence-electron chi connectivity index (χ0n) is 17.3. The van der Waals surface area contributed by atoms with Gasteiger partial charge in [0.1, 0.15) is 5.69 Å². The number of nitrogens with zero attached hydrogens (tertiary/aromatic N) is 2. The number of hydrogen-bond donors (Lipinski definition) is 0. The van der Waals surface area contributed by atoms with Gasteiger partial charge in [-0.1, -0.05) is 0 Å². The quantitative estimate of drug-likeness (QED) is 0.760. The van der Waals surface area contributed by atoms with Crippen molar-refractivity contribution >= 4 is 11.7 Å². The van der Waals surface area contributed by atoms with Gasteiger partial charge in [-0.25, -0.2) is 0 Å². The highest BCUT2D eigenvalue weighted by Gasteiger charge is 2.31. The van der Waals surface area contributed by atoms with E-state index in [0.29, 0.717) is 18.8 Å². The molecule has 4 heteroatoms. The average molecular weight is 367 g/mol.